The first kappa shape index (κ1) is 13.0. The highest BCUT2D eigenvalue weighted by molar-refractivity contribution is 9.10. The van der Waals surface area contributed by atoms with Crippen LogP contribution in [0.1, 0.15) is 10.4 Å². The first-order valence-corrected chi connectivity index (χ1v) is 4.89. The number of rotatable bonds is 2. The minimum atomic E-state index is -4.47. The molecule has 0 aliphatic rings. The van der Waals surface area contributed by atoms with E-state index in [1.807, 2.05) is 0 Å². The van der Waals surface area contributed by atoms with Crippen LogP contribution < -0.4 is 5.32 Å². The lowest BCUT2D eigenvalue weighted by Crippen LogP contribution is -2.33. The van der Waals surface area contributed by atoms with Gasteiger partial charge >= 0.3 is 6.18 Å². The van der Waals surface area contributed by atoms with Crippen molar-refractivity contribution in [3.8, 4) is 0 Å². The third-order valence-electron chi connectivity index (χ3n) is 1.63. The molecule has 0 saturated heterocycles. The molecule has 0 fully saturated rings. The number of alkyl halides is 3. The van der Waals surface area contributed by atoms with E-state index >= 15 is 0 Å². The summed E-state index contributed by atoms with van der Waals surface area (Å²) in [5, 5.41) is 1.68. The van der Waals surface area contributed by atoms with Gasteiger partial charge in [-0.15, -0.1) is 0 Å². The van der Waals surface area contributed by atoms with E-state index in [2.05, 4.69) is 15.9 Å². The Morgan fingerprint density at radius 3 is 2.50 bits per heavy atom. The van der Waals surface area contributed by atoms with Crippen LogP contribution >= 0.6 is 15.9 Å². The highest BCUT2D eigenvalue weighted by atomic mass is 79.9. The van der Waals surface area contributed by atoms with Crippen molar-refractivity contribution in [1.29, 1.82) is 0 Å². The molecule has 0 saturated carbocycles. The quantitative estimate of drug-likeness (QED) is 0.836. The first-order valence-electron chi connectivity index (χ1n) is 4.09. The summed E-state index contributed by atoms with van der Waals surface area (Å²) in [4.78, 5) is 11.2. The Hall–Kier alpha value is -1.11. The number of carbonyl (C=O) groups is 1. The van der Waals surface area contributed by atoms with E-state index in [1.165, 1.54) is 0 Å². The van der Waals surface area contributed by atoms with Gasteiger partial charge in [-0.05, 0) is 34.1 Å². The molecule has 0 aliphatic carbocycles. The molecule has 7 heteroatoms. The fourth-order valence-corrected chi connectivity index (χ4v) is 1.30. The molecule has 0 aliphatic heterocycles. The van der Waals surface area contributed by atoms with Crippen LogP contribution in [0.2, 0.25) is 0 Å². The molecule has 0 radical (unpaired) electrons. The van der Waals surface area contributed by atoms with Crippen molar-refractivity contribution in [3.63, 3.8) is 0 Å². The lowest BCUT2D eigenvalue weighted by Gasteiger charge is -2.08. The van der Waals surface area contributed by atoms with E-state index in [4.69, 9.17) is 0 Å². The maximum absolute atomic E-state index is 12.8. The van der Waals surface area contributed by atoms with Gasteiger partial charge < -0.3 is 5.32 Å². The molecule has 1 aromatic rings. The first-order chi connectivity index (χ1) is 7.29. The van der Waals surface area contributed by atoms with Crippen molar-refractivity contribution in [2.75, 3.05) is 6.54 Å². The highest BCUT2D eigenvalue weighted by Gasteiger charge is 2.27. The van der Waals surface area contributed by atoms with Gasteiger partial charge in [0.25, 0.3) is 5.91 Å². The van der Waals surface area contributed by atoms with Gasteiger partial charge in [0.1, 0.15) is 12.4 Å². The predicted octanol–water partition coefficient (Wildman–Crippen LogP) is 2.88. The van der Waals surface area contributed by atoms with Gasteiger partial charge in [-0.25, -0.2) is 4.39 Å². The topological polar surface area (TPSA) is 29.1 Å². The Morgan fingerprint density at radius 1 is 1.38 bits per heavy atom. The van der Waals surface area contributed by atoms with Gasteiger partial charge in [0.2, 0.25) is 0 Å². The van der Waals surface area contributed by atoms with Crippen LogP contribution in [0.3, 0.4) is 0 Å². The summed E-state index contributed by atoms with van der Waals surface area (Å²) in [6, 6.07) is 3.21. The molecule has 0 heterocycles. The zero-order chi connectivity index (χ0) is 12.3. The van der Waals surface area contributed by atoms with Crippen molar-refractivity contribution < 1.29 is 22.4 Å². The average Bonchev–Trinajstić information content (AvgIpc) is 2.17. The standard InChI is InChI=1S/C9H6BrF4NO/c10-6-3-5(1-2-7(6)11)8(16)15-4-9(12,13)14/h1-3H,4H2,(H,15,16). The lowest BCUT2D eigenvalue weighted by molar-refractivity contribution is -0.123. The van der Waals surface area contributed by atoms with Gasteiger partial charge in [-0.2, -0.15) is 13.2 Å². The second-order valence-corrected chi connectivity index (χ2v) is 3.78. The van der Waals surface area contributed by atoms with E-state index in [-0.39, 0.29) is 10.0 Å². The van der Waals surface area contributed by atoms with Gasteiger partial charge in [0.15, 0.2) is 0 Å². The Bertz CT molecular complexity index is 405. The summed E-state index contributed by atoms with van der Waals surface area (Å²) in [6.07, 6.45) is -4.47. The summed E-state index contributed by atoms with van der Waals surface area (Å²) in [5.41, 5.74) is -0.0440. The fourth-order valence-electron chi connectivity index (χ4n) is 0.920. The molecule has 0 aromatic heterocycles. The summed E-state index contributed by atoms with van der Waals surface area (Å²) < 4.78 is 48.2. The lowest BCUT2D eigenvalue weighted by atomic mass is 10.2. The second kappa shape index (κ2) is 4.82. The zero-order valence-electron chi connectivity index (χ0n) is 7.74. The normalized spacial score (nSPS) is 11.3. The van der Waals surface area contributed by atoms with Crippen molar-refractivity contribution in [1.82, 2.24) is 5.32 Å². The third-order valence-corrected chi connectivity index (χ3v) is 2.24. The average molecular weight is 300 g/mol. The summed E-state index contributed by atoms with van der Waals surface area (Å²) in [5.74, 6) is -1.50. The molecule has 1 N–H and O–H groups in total. The number of carbonyl (C=O) groups excluding carboxylic acids is 1. The van der Waals surface area contributed by atoms with Crippen LogP contribution in [0, 0.1) is 5.82 Å². The van der Waals surface area contributed by atoms with E-state index in [1.54, 1.807) is 5.32 Å². The molecular weight excluding hydrogens is 294 g/mol. The number of amides is 1. The predicted molar refractivity (Wildman–Crippen MR) is 52.5 cm³/mol. The molecule has 1 aromatic carbocycles. The number of hydrogen-bond donors (Lipinski definition) is 1. The molecule has 88 valence electrons. The number of benzene rings is 1. The van der Waals surface area contributed by atoms with Crippen LogP contribution in [0.25, 0.3) is 0 Å². The molecule has 2 nitrogen and oxygen atoms in total. The van der Waals surface area contributed by atoms with Crippen LogP contribution in [0.15, 0.2) is 22.7 Å². The molecule has 0 atom stereocenters. The highest BCUT2D eigenvalue weighted by Crippen LogP contribution is 2.17. The maximum atomic E-state index is 12.8. The Balaban J connectivity index is 2.70. The van der Waals surface area contributed by atoms with Crippen molar-refractivity contribution in [2.45, 2.75) is 6.18 Å². The number of halogens is 5. The van der Waals surface area contributed by atoms with Crippen LogP contribution in [0.5, 0.6) is 0 Å². The van der Waals surface area contributed by atoms with Gasteiger partial charge in [-0.3, -0.25) is 4.79 Å². The SMILES string of the molecule is O=C(NCC(F)(F)F)c1ccc(F)c(Br)c1. The van der Waals surface area contributed by atoms with Crippen molar-refractivity contribution in [2.24, 2.45) is 0 Å². The minimum absolute atomic E-state index is 0.0205. The van der Waals surface area contributed by atoms with Crippen molar-refractivity contribution in [3.05, 3.63) is 34.1 Å². The molecule has 0 bridgehead atoms. The van der Waals surface area contributed by atoms with Crippen LogP contribution in [-0.4, -0.2) is 18.6 Å². The molecule has 16 heavy (non-hydrogen) atoms. The Morgan fingerprint density at radius 2 is 2.00 bits per heavy atom. The maximum Gasteiger partial charge on any atom is 0.405 e. The Kier molecular flexibility index (Phi) is 3.90. The van der Waals surface area contributed by atoms with E-state index in [0.29, 0.717) is 0 Å². The molecule has 1 rings (SSSR count). The van der Waals surface area contributed by atoms with Gasteiger partial charge in [0, 0.05) is 5.56 Å². The second-order valence-electron chi connectivity index (χ2n) is 2.93. The summed E-state index contributed by atoms with van der Waals surface area (Å²) in [7, 11) is 0. The number of hydrogen-bond acceptors (Lipinski definition) is 1. The largest absolute Gasteiger partial charge is 0.405 e. The van der Waals surface area contributed by atoms with E-state index in [9.17, 15) is 22.4 Å². The van der Waals surface area contributed by atoms with Crippen LogP contribution in [0.4, 0.5) is 17.6 Å². The Labute approximate surface area is 96.8 Å². The number of nitrogens with one attached hydrogen (secondary N) is 1. The van der Waals surface area contributed by atoms with Crippen LogP contribution in [-0.2, 0) is 0 Å². The molecular formula is C9H6BrF4NO. The fraction of sp³-hybridized carbons (Fsp3) is 0.222. The zero-order valence-corrected chi connectivity index (χ0v) is 9.32. The van der Waals surface area contributed by atoms with Gasteiger partial charge in [-0.1, -0.05) is 0 Å². The monoisotopic (exact) mass is 299 g/mol. The molecule has 0 spiro atoms. The third kappa shape index (κ3) is 3.80. The van der Waals surface area contributed by atoms with E-state index in [0.717, 1.165) is 18.2 Å². The van der Waals surface area contributed by atoms with E-state index < -0.39 is 24.4 Å². The summed E-state index contributed by atoms with van der Waals surface area (Å²) in [6.45, 7) is -1.42. The summed E-state index contributed by atoms with van der Waals surface area (Å²) >= 11 is 2.83. The van der Waals surface area contributed by atoms with Gasteiger partial charge in [0.05, 0.1) is 4.47 Å². The molecule has 1 amide bonds. The molecule has 0 unspecified atom stereocenters. The minimum Gasteiger partial charge on any atom is -0.343 e. The smallest absolute Gasteiger partial charge is 0.343 e. The van der Waals surface area contributed by atoms with Crippen molar-refractivity contribution >= 4 is 21.8 Å².